The molecule has 0 saturated heterocycles. The molecule has 1 N–H and O–H groups in total. The zero-order valence-electron chi connectivity index (χ0n) is 7.58. The predicted octanol–water partition coefficient (Wildman–Crippen LogP) is 1.89. The van der Waals surface area contributed by atoms with Gasteiger partial charge in [-0.25, -0.2) is 4.79 Å². The zero-order valence-corrected chi connectivity index (χ0v) is 7.58. The second kappa shape index (κ2) is 6.91. The molecular weight excluding hydrogens is 160 g/mol. The van der Waals surface area contributed by atoms with Crippen molar-refractivity contribution in [3.8, 4) is 0 Å². The molecule has 0 rings (SSSR count). The van der Waals surface area contributed by atoms with Crippen LogP contribution in [-0.4, -0.2) is 30.6 Å². The molecule has 0 aliphatic heterocycles. The third-order valence-electron chi connectivity index (χ3n) is 1.30. The van der Waals surface area contributed by atoms with Gasteiger partial charge in [-0.05, 0) is 13.3 Å². The van der Waals surface area contributed by atoms with Gasteiger partial charge in [0.1, 0.15) is 6.10 Å². The van der Waals surface area contributed by atoms with Crippen molar-refractivity contribution >= 4 is 6.16 Å². The Morgan fingerprint density at radius 3 is 2.75 bits per heavy atom. The Hall–Kier alpha value is -0.770. The molecule has 0 aromatic heterocycles. The van der Waals surface area contributed by atoms with E-state index < -0.39 is 6.16 Å². The van der Waals surface area contributed by atoms with Crippen molar-refractivity contribution in [3.63, 3.8) is 0 Å². The van der Waals surface area contributed by atoms with Gasteiger partial charge >= 0.3 is 6.16 Å². The number of ether oxygens (including phenoxy) is 2. The van der Waals surface area contributed by atoms with Crippen LogP contribution in [0.2, 0.25) is 0 Å². The molecule has 0 aliphatic carbocycles. The quantitative estimate of drug-likeness (QED) is 0.496. The fourth-order valence-electron chi connectivity index (χ4n) is 0.702. The van der Waals surface area contributed by atoms with E-state index in [1.54, 1.807) is 6.92 Å². The summed E-state index contributed by atoms with van der Waals surface area (Å²) >= 11 is 0. The van der Waals surface area contributed by atoms with Gasteiger partial charge in [0, 0.05) is 6.61 Å². The maximum Gasteiger partial charge on any atom is 0.506 e. The van der Waals surface area contributed by atoms with Gasteiger partial charge in [-0.15, -0.1) is 0 Å². The number of carboxylic acid groups (broad SMARTS) is 1. The average molecular weight is 176 g/mol. The monoisotopic (exact) mass is 176 g/mol. The largest absolute Gasteiger partial charge is 0.506 e. The Kier molecular flexibility index (Phi) is 6.47. The Bertz CT molecular complexity index is 124. The molecule has 0 fully saturated rings. The van der Waals surface area contributed by atoms with Gasteiger partial charge in [0.05, 0.1) is 6.61 Å². The number of carbonyl (C=O) groups is 1. The Labute approximate surface area is 72.5 Å². The molecule has 0 aliphatic rings. The summed E-state index contributed by atoms with van der Waals surface area (Å²) in [5, 5.41) is 8.21. The highest BCUT2D eigenvalue weighted by atomic mass is 16.7. The van der Waals surface area contributed by atoms with Gasteiger partial charge in [-0.2, -0.15) is 0 Å². The van der Waals surface area contributed by atoms with Gasteiger partial charge in [0.2, 0.25) is 0 Å². The highest BCUT2D eigenvalue weighted by Gasteiger charge is 2.06. The smallest absolute Gasteiger partial charge is 0.450 e. The summed E-state index contributed by atoms with van der Waals surface area (Å²) < 4.78 is 9.57. The Morgan fingerprint density at radius 1 is 1.58 bits per heavy atom. The van der Waals surface area contributed by atoms with Gasteiger partial charge in [0.15, 0.2) is 0 Å². The molecule has 0 saturated carbocycles. The number of hydrogen-bond acceptors (Lipinski definition) is 3. The summed E-state index contributed by atoms with van der Waals surface area (Å²) in [5.41, 5.74) is 0. The third-order valence-corrected chi connectivity index (χ3v) is 1.30. The lowest BCUT2D eigenvalue weighted by Gasteiger charge is -2.10. The molecule has 4 nitrogen and oxygen atoms in total. The van der Waals surface area contributed by atoms with Crippen LogP contribution in [-0.2, 0) is 9.47 Å². The van der Waals surface area contributed by atoms with E-state index in [-0.39, 0.29) is 6.10 Å². The van der Waals surface area contributed by atoms with E-state index >= 15 is 0 Å². The van der Waals surface area contributed by atoms with Crippen molar-refractivity contribution in [2.75, 3.05) is 13.2 Å². The summed E-state index contributed by atoms with van der Waals surface area (Å²) in [7, 11) is 0. The van der Waals surface area contributed by atoms with E-state index in [2.05, 4.69) is 11.7 Å². The summed E-state index contributed by atoms with van der Waals surface area (Å²) in [6, 6.07) is 0. The van der Waals surface area contributed by atoms with E-state index in [1.807, 2.05) is 0 Å². The molecule has 0 spiro atoms. The molecule has 1 unspecified atom stereocenters. The van der Waals surface area contributed by atoms with E-state index in [1.165, 1.54) is 0 Å². The van der Waals surface area contributed by atoms with Crippen molar-refractivity contribution in [2.24, 2.45) is 0 Å². The first-order valence-corrected chi connectivity index (χ1v) is 4.14. The molecule has 0 amide bonds. The fraction of sp³-hybridized carbons (Fsp3) is 0.875. The van der Waals surface area contributed by atoms with Crippen LogP contribution in [0.3, 0.4) is 0 Å². The van der Waals surface area contributed by atoms with Crippen LogP contribution in [0.5, 0.6) is 0 Å². The molecule has 0 aromatic carbocycles. The van der Waals surface area contributed by atoms with Crippen LogP contribution in [0.15, 0.2) is 0 Å². The van der Waals surface area contributed by atoms with Crippen molar-refractivity contribution in [3.05, 3.63) is 0 Å². The van der Waals surface area contributed by atoms with Gasteiger partial charge < -0.3 is 14.6 Å². The molecular formula is C8H16O4. The van der Waals surface area contributed by atoms with E-state index in [9.17, 15) is 4.79 Å². The number of unbranched alkanes of at least 4 members (excludes halogenated alkanes) is 1. The second-order valence-corrected chi connectivity index (χ2v) is 2.62. The molecule has 12 heavy (non-hydrogen) atoms. The molecule has 0 heterocycles. The lowest BCUT2D eigenvalue weighted by atomic mass is 10.3. The number of hydrogen-bond donors (Lipinski definition) is 1. The predicted molar refractivity (Wildman–Crippen MR) is 44.3 cm³/mol. The highest BCUT2D eigenvalue weighted by Crippen LogP contribution is 1.94. The van der Waals surface area contributed by atoms with Crippen molar-refractivity contribution in [1.29, 1.82) is 0 Å². The topological polar surface area (TPSA) is 55.8 Å². The average Bonchev–Trinajstić information content (AvgIpc) is 1.97. The summed E-state index contributed by atoms with van der Waals surface area (Å²) in [4.78, 5) is 10.0. The summed E-state index contributed by atoms with van der Waals surface area (Å²) in [5.74, 6) is 0. The lowest BCUT2D eigenvalue weighted by Crippen LogP contribution is -2.19. The van der Waals surface area contributed by atoms with Gasteiger partial charge in [0.25, 0.3) is 0 Å². The van der Waals surface area contributed by atoms with Crippen molar-refractivity contribution in [2.45, 2.75) is 32.8 Å². The Balaban J connectivity index is 3.19. The molecule has 4 heteroatoms. The molecule has 72 valence electrons. The summed E-state index contributed by atoms with van der Waals surface area (Å²) in [6.45, 7) is 4.75. The van der Waals surface area contributed by atoms with E-state index in [4.69, 9.17) is 9.84 Å². The first kappa shape index (κ1) is 11.2. The molecule has 0 radical (unpaired) electrons. The first-order chi connectivity index (χ1) is 5.66. The maximum absolute atomic E-state index is 10.0. The van der Waals surface area contributed by atoms with Crippen LogP contribution in [0, 0.1) is 0 Å². The first-order valence-electron chi connectivity index (χ1n) is 4.14. The SMILES string of the molecule is CCCCOCC(C)OC(=O)O. The van der Waals surface area contributed by atoms with Gasteiger partial charge in [-0.3, -0.25) is 0 Å². The van der Waals surface area contributed by atoms with E-state index in [0.717, 1.165) is 12.8 Å². The van der Waals surface area contributed by atoms with Crippen molar-refractivity contribution in [1.82, 2.24) is 0 Å². The fourth-order valence-corrected chi connectivity index (χ4v) is 0.702. The van der Waals surface area contributed by atoms with Crippen LogP contribution in [0.1, 0.15) is 26.7 Å². The van der Waals surface area contributed by atoms with Crippen LogP contribution >= 0.6 is 0 Å². The highest BCUT2D eigenvalue weighted by molar-refractivity contribution is 5.56. The summed E-state index contributed by atoms with van der Waals surface area (Å²) in [6.07, 6.45) is 0.453. The minimum absolute atomic E-state index is 0.340. The lowest BCUT2D eigenvalue weighted by molar-refractivity contribution is 0.00579. The number of rotatable bonds is 6. The zero-order chi connectivity index (χ0) is 9.40. The van der Waals surface area contributed by atoms with Gasteiger partial charge in [-0.1, -0.05) is 13.3 Å². The van der Waals surface area contributed by atoms with Crippen LogP contribution in [0.25, 0.3) is 0 Å². The molecule has 0 bridgehead atoms. The van der Waals surface area contributed by atoms with E-state index in [0.29, 0.717) is 13.2 Å². The third kappa shape index (κ3) is 7.34. The minimum atomic E-state index is -1.25. The minimum Gasteiger partial charge on any atom is -0.450 e. The Morgan fingerprint density at radius 2 is 2.25 bits per heavy atom. The normalized spacial score (nSPS) is 12.5. The standard InChI is InChI=1S/C8H16O4/c1-3-4-5-11-6-7(2)12-8(9)10/h7H,3-6H2,1-2H3,(H,9,10). The molecule has 1 atom stereocenters. The van der Waals surface area contributed by atoms with Crippen molar-refractivity contribution < 1.29 is 19.4 Å². The molecule has 0 aromatic rings. The van der Waals surface area contributed by atoms with Crippen LogP contribution in [0.4, 0.5) is 4.79 Å². The maximum atomic E-state index is 10.0. The van der Waals surface area contributed by atoms with Crippen LogP contribution < -0.4 is 0 Å². The second-order valence-electron chi connectivity index (χ2n) is 2.62.